The van der Waals surface area contributed by atoms with E-state index < -0.39 is 0 Å². The van der Waals surface area contributed by atoms with E-state index in [-0.39, 0.29) is 0 Å². The summed E-state index contributed by atoms with van der Waals surface area (Å²) in [6, 6.07) is 11.1. The van der Waals surface area contributed by atoms with Crippen LogP contribution in [0.3, 0.4) is 0 Å². The maximum absolute atomic E-state index is 6.13. The predicted molar refractivity (Wildman–Crippen MR) is 102 cm³/mol. The molecular formula is C18H18ClN5O2. The molecule has 3 aromatic rings. The molecule has 2 N–H and O–H groups in total. The zero-order chi connectivity index (χ0) is 18.5. The number of halogens is 1. The van der Waals surface area contributed by atoms with E-state index in [2.05, 4.69) is 25.8 Å². The first-order chi connectivity index (χ1) is 12.6. The third-order valence-electron chi connectivity index (χ3n) is 3.65. The molecule has 7 nitrogen and oxygen atoms in total. The van der Waals surface area contributed by atoms with Crippen molar-refractivity contribution in [1.82, 2.24) is 15.2 Å². The van der Waals surface area contributed by atoms with Crippen LogP contribution in [0.15, 0.2) is 42.6 Å². The molecule has 0 spiro atoms. The Kier molecular flexibility index (Phi) is 5.38. The molecule has 0 saturated heterocycles. The molecule has 3 rings (SSSR count). The van der Waals surface area contributed by atoms with Crippen molar-refractivity contribution in [3.63, 3.8) is 0 Å². The quantitative estimate of drug-likeness (QED) is 0.667. The second-order valence-electron chi connectivity index (χ2n) is 5.45. The maximum atomic E-state index is 6.13. The van der Waals surface area contributed by atoms with E-state index in [9.17, 15) is 0 Å². The van der Waals surface area contributed by atoms with E-state index in [0.717, 1.165) is 17.0 Å². The van der Waals surface area contributed by atoms with E-state index in [4.69, 9.17) is 21.1 Å². The Morgan fingerprint density at radius 3 is 2.46 bits per heavy atom. The second-order valence-corrected chi connectivity index (χ2v) is 5.85. The summed E-state index contributed by atoms with van der Waals surface area (Å²) in [6.45, 7) is 1.91. The highest BCUT2D eigenvalue weighted by Gasteiger charge is 2.09. The van der Waals surface area contributed by atoms with Crippen LogP contribution in [0.5, 0.6) is 11.5 Å². The number of aryl methyl sites for hydroxylation is 1. The molecule has 0 atom stereocenters. The Bertz CT molecular complexity index is 903. The van der Waals surface area contributed by atoms with Gasteiger partial charge >= 0.3 is 0 Å². The summed E-state index contributed by atoms with van der Waals surface area (Å²) in [5, 5.41) is 14.9. The molecule has 1 aromatic heterocycles. The Morgan fingerprint density at radius 2 is 1.77 bits per heavy atom. The lowest BCUT2D eigenvalue weighted by Crippen LogP contribution is -2.03. The van der Waals surface area contributed by atoms with Crippen molar-refractivity contribution in [2.45, 2.75) is 6.92 Å². The van der Waals surface area contributed by atoms with E-state index in [1.54, 1.807) is 26.5 Å². The molecule has 0 saturated carbocycles. The molecule has 0 aliphatic heterocycles. The standard InChI is InChI=1S/C18H18ClN5O2/c1-11-8-15(16(26-3)9-14(11)19)22-18-23-17(10-20-24-18)21-12-4-6-13(25-2)7-5-12/h4-10H,1-3H3,(H2,21,22,23,24). The van der Waals surface area contributed by atoms with Crippen molar-refractivity contribution in [2.75, 3.05) is 24.9 Å². The summed E-state index contributed by atoms with van der Waals surface area (Å²) in [4.78, 5) is 4.42. The van der Waals surface area contributed by atoms with Crippen LogP contribution in [0.1, 0.15) is 5.56 Å². The SMILES string of the molecule is COc1ccc(Nc2cnnc(Nc3cc(C)c(Cl)cc3OC)n2)cc1. The van der Waals surface area contributed by atoms with E-state index in [1.165, 1.54) is 0 Å². The van der Waals surface area contributed by atoms with E-state index in [1.807, 2.05) is 37.3 Å². The Labute approximate surface area is 156 Å². The summed E-state index contributed by atoms with van der Waals surface area (Å²) >= 11 is 6.13. The summed E-state index contributed by atoms with van der Waals surface area (Å²) in [6.07, 6.45) is 1.54. The Hall–Kier alpha value is -3.06. The maximum Gasteiger partial charge on any atom is 0.249 e. The number of rotatable bonds is 6. The normalized spacial score (nSPS) is 10.3. The van der Waals surface area contributed by atoms with Gasteiger partial charge in [0.25, 0.3) is 0 Å². The van der Waals surface area contributed by atoms with Gasteiger partial charge in [0.05, 0.1) is 26.1 Å². The van der Waals surface area contributed by atoms with Gasteiger partial charge in [0, 0.05) is 16.8 Å². The molecule has 26 heavy (non-hydrogen) atoms. The molecule has 2 aromatic carbocycles. The third-order valence-corrected chi connectivity index (χ3v) is 4.06. The van der Waals surface area contributed by atoms with Gasteiger partial charge in [-0.3, -0.25) is 0 Å². The lowest BCUT2D eigenvalue weighted by molar-refractivity contribution is 0.415. The summed E-state index contributed by atoms with van der Waals surface area (Å²) in [5.74, 6) is 2.27. The number of nitrogens with zero attached hydrogens (tertiary/aromatic N) is 3. The fraction of sp³-hybridized carbons (Fsp3) is 0.167. The average Bonchev–Trinajstić information content (AvgIpc) is 2.65. The molecular weight excluding hydrogens is 354 g/mol. The van der Waals surface area contributed by atoms with Crippen LogP contribution < -0.4 is 20.1 Å². The van der Waals surface area contributed by atoms with Crippen LogP contribution in [0.2, 0.25) is 5.02 Å². The fourth-order valence-electron chi connectivity index (χ4n) is 2.29. The number of methoxy groups -OCH3 is 2. The van der Waals surface area contributed by atoms with Crippen LogP contribution in [0.25, 0.3) is 0 Å². The molecule has 0 amide bonds. The van der Waals surface area contributed by atoms with Crippen molar-refractivity contribution < 1.29 is 9.47 Å². The van der Waals surface area contributed by atoms with Crippen LogP contribution in [0, 0.1) is 6.92 Å². The summed E-state index contributed by atoms with van der Waals surface area (Å²) in [5.41, 5.74) is 2.48. The van der Waals surface area contributed by atoms with Crippen LogP contribution in [0.4, 0.5) is 23.1 Å². The molecule has 1 heterocycles. The van der Waals surface area contributed by atoms with Gasteiger partial charge < -0.3 is 20.1 Å². The first-order valence-corrected chi connectivity index (χ1v) is 8.19. The van der Waals surface area contributed by atoms with Crippen LogP contribution in [-0.2, 0) is 0 Å². The van der Waals surface area contributed by atoms with Crippen molar-refractivity contribution in [1.29, 1.82) is 0 Å². The van der Waals surface area contributed by atoms with Gasteiger partial charge in [0.1, 0.15) is 11.5 Å². The highest BCUT2D eigenvalue weighted by atomic mass is 35.5. The second kappa shape index (κ2) is 7.88. The minimum Gasteiger partial charge on any atom is -0.497 e. The minimum atomic E-state index is 0.337. The zero-order valence-electron chi connectivity index (χ0n) is 14.6. The van der Waals surface area contributed by atoms with Gasteiger partial charge in [-0.15, -0.1) is 5.10 Å². The monoisotopic (exact) mass is 371 g/mol. The van der Waals surface area contributed by atoms with Gasteiger partial charge in [0.2, 0.25) is 5.95 Å². The number of anilines is 4. The zero-order valence-corrected chi connectivity index (χ0v) is 15.3. The Morgan fingerprint density at radius 1 is 1.00 bits per heavy atom. The number of nitrogens with one attached hydrogen (secondary N) is 2. The van der Waals surface area contributed by atoms with Gasteiger partial charge in [-0.1, -0.05) is 11.6 Å². The fourth-order valence-corrected chi connectivity index (χ4v) is 2.44. The van der Waals surface area contributed by atoms with Gasteiger partial charge in [-0.2, -0.15) is 10.1 Å². The number of aromatic nitrogens is 3. The van der Waals surface area contributed by atoms with Gasteiger partial charge in [-0.05, 0) is 42.8 Å². The molecule has 0 aliphatic carbocycles. The highest BCUT2D eigenvalue weighted by Crippen LogP contribution is 2.32. The number of hydrogen-bond donors (Lipinski definition) is 2. The van der Waals surface area contributed by atoms with Crippen molar-refractivity contribution >= 4 is 34.7 Å². The number of hydrogen-bond acceptors (Lipinski definition) is 7. The molecule has 0 unspecified atom stereocenters. The molecule has 0 aliphatic rings. The van der Waals surface area contributed by atoms with Crippen molar-refractivity contribution in [3.8, 4) is 11.5 Å². The molecule has 134 valence electrons. The summed E-state index contributed by atoms with van der Waals surface area (Å²) < 4.78 is 10.5. The number of benzene rings is 2. The van der Waals surface area contributed by atoms with Crippen molar-refractivity contribution in [3.05, 3.63) is 53.2 Å². The van der Waals surface area contributed by atoms with Gasteiger partial charge in [-0.25, -0.2) is 0 Å². The van der Waals surface area contributed by atoms with Crippen LogP contribution >= 0.6 is 11.6 Å². The lowest BCUT2D eigenvalue weighted by atomic mass is 10.2. The average molecular weight is 372 g/mol. The van der Waals surface area contributed by atoms with Crippen molar-refractivity contribution in [2.24, 2.45) is 0 Å². The largest absolute Gasteiger partial charge is 0.497 e. The summed E-state index contributed by atoms with van der Waals surface area (Å²) in [7, 11) is 3.20. The lowest BCUT2D eigenvalue weighted by Gasteiger charge is -2.12. The first kappa shape index (κ1) is 17.8. The minimum absolute atomic E-state index is 0.337. The molecule has 0 bridgehead atoms. The molecule has 0 fully saturated rings. The smallest absolute Gasteiger partial charge is 0.249 e. The topological polar surface area (TPSA) is 81.2 Å². The first-order valence-electron chi connectivity index (χ1n) is 7.81. The van der Waals surface area contributed by atoms with E-state index >= 15 is 0 Å². The number of ether oxygens (including phenoxy) is 2. The predicted octanol–water partition coefficient (Wildman–Crippen LogP) is 4.34. The third kappa shape index (κ3) is 4.12. The molecule has 8 heteroatoms. The van der Waals surface area contributed by atoms with Gasteiger partial charge in [0.15, 0.2) is 5.82 Å². The Balaban J connectivity index is 1.80. The highest BCUT2D eigenvalue weighted by molar-refractivity contribution is 6.31. The van der Waals surface area contributed by atoms with Crippen LogP contribution in [-0.4, -0.2) is 29.4 Å². The van der Waals surface area contributed by atoms with E-state index in [0.29, 0.717) is 28.2 Å². The molecule has 0 radical (unpaired) electrons.